The van der Waals surface area contributed by atoms with Gasteiger partial charge in [-0.1, -0.05) is 50.2 Å². The van der Waals surface area contributed by atoms with E-state index in [1.807, 2.05) is 24.5 Å². The zero-order valence-corrected chi connectivity index (χ0v) is 19.8. The van der Waals surface area contributed by atoms with Crippen LogP contribution in [-0.4, -0.2) is 34.1 Å². The number of nitrogens with zero attached hydrogens (tertiary/aromatic N) is 2. The molecule has 6 heterocycles. The van der Waals surface area contributed by atoms with Crippen molar-refractivity contribution in [1.82, 2.24) is 20.6 Å². The number of aromatic nitrogens is 2. The smallest absolute Gasteiger partial charge is 0.129 e. The molecule has 2 aromatic heterocycles. The lowest BCUT2D eigenvalue weighted by atomic mass is 9.85. The van der Waals surface area contributed by atoms with E-state index < -0.39 is 0 Å². The van der Waals surface area contributed by atoms with E-state index in [4.69, 9.17) is 23.2 Å². The van der Waals surface area contributed by atoms with Gasteiger partial charge in [-0.2, -0.15) is 0 Å². The summed E-state index contributed by atoms with van der Waals surface area (Å²) < 4.78 is 0. The fourth-order valence-electron chi connectivity index (χ4n) is 5.60. The number of halogens is 4. The van der Waals surface area contributed by atoms with Crippen LogP contribution in [0.3, 0.4) is 0 Å². The standard InChI is InChI=1S/2C11H13ClN2.2CH4.2ClH/c2*12-11-4-1-7(6-13-11)9-5-8-2-3-10(9)14-8;;;;/h2*1,4,6,8-10,14H,2-3,5H2;2*1H4;2*1H. The van der Waals surface area contributed by atoms with Gasteiger partial charge in [0.1, 0.15) is 10.3 Å². The van der Waals surface area contributed by atoms with Crippen LogP contribution in [0.5, 0.6) is 0 Å². The number of nitrogens with one attached hydrogen (secondary N) is 2. The summed E-state index contributed by atoms with van der Waals surface area (Å²) in [6.45, 7) is 0. The van der Waals surface area contributed by atoms with Crippen molar-refractivity contribution in [3.05, 3.63) is 58.1 Å². The minimum absolute atomic E-state index is 0. The summed E-state index contributed by atoms with van der Waals surface area (Å²) in [5.41, 5.74) is 2.68. The van der Waals surface area contributed by atoms with Crippen LogP contribution in [-0.2, 0) is 0 Å². The van der Waals surface area contributed by atoms with Gasteiger partial charge >= 0.3 is 0 Å². The highest BCUT2D eigenvalue weighted by Crippen LogP contribution is 2.40. The molecule has 6 unspecified atom stereocenters. The predicted molar refractivity (Wildman–Crippen MR) is 141 cm³/mol. The monoisotopic (exact) mass is 520 g/mol. The molecular weight excluding hydrogens is 486 g/mol. The Balaban J connectivity index is 0.000000284. The first-order valence-corrected chi connectivity index (χ1v) is 11.2. The van der Waals surface area contributed by atoms with E-state index >= 15 is 0 Å². The highest BCUT2D eigenvalue weighted by atomic mass is 35.5. The molecule has 6 atom stereocenters. The molecule has 180 valence electrons. The van der Waals surface area contributed by atoms with Gasteiger partial charge in [0, 0.05) is 48.4 Å². The van der Waals surface area contributed by atoms with Gasteiger partial charge in [0.15, 0.2) is 0 Å². The third-order valence-corrected chi connectivity index (χ3v) is 7.40. The molecule has 4 bridgehead atoms. The van der Waals surface area contributed by atoms with Crippen LogP contribution in [0.15, 0.2) is 36.7 Å². The quantitative estimate of drug-likeness (QED) is 0.426. The van der Waals surface area contributed by atoms with Crippen molar-refractivity contribution in [2.75, 3.05) is 0 Å². The van der Waals surface area contributed by atoms with Crippen molar-refractivity contribution in [3.8, 4) is 0 Å². The molecule has 4 fully saturated rings. The van der Waals surface area contributed by atoms with Crippen LogP contribution in [0.4, 0.5) is 0 Å². The minimum Gasteiger partial charge on any atom is -0.311 e. The fraction of sp³-hybridized carbons (Fsp3) is 0.583. The molecule has 0 spiro atoms. The third-order valence-electron chi connectivity index (χ3n) is 6.96. The van der Waals surface area contributed by atoms with E-state index in [-0.39, 0.29) is 39.7 Å². The summed E-state index contributed by atoms with van der Waals surface area (Å²) in [5.74, 6) is 1.33. The van der Waals surface area contributed by atoms with E-state index in [1.54, 1.807) is 0 Å². The predicted octanol–water partition coefficient (Wildman–Crippen LogP) is 6.80. The van der Waals surface area contributed by atoms with Crippen molar-refractivity contribution >= 4 is 48.0 Å². The van der Waals surface area contributed by atoms with Crippen LogP contribution >= 0.6 is 48.0 Å². The Morgan fingerprint density at radius 2 is 1.06 bits per heavy atom. The molecule has 2 aromatic rings. The van der Waals surface area contributed by atoms with E-state index in [0.717, 1.165) is 12.1 Å². The van der Waals surface area contributed by atoms with Gasteiger partial charge in [-0.15, -0.1) is 24.8 Å². The van der Waals surface area contributed by atoms with Crippen molar-refractivity contribution in [2.24, 2.45) is 0 Å². The molecule has 0 amide bonds. The van der Waals surface area contributed by atoms with Gasteiger partial charge in [0.05, 0.1) is 0 Å². The van der Waals surface area contributed by atoms with Gasteiger partial charge in [-0.25, -0.2) is 9.97 Å². The Hall–Kier alpha value is -0.620. The summed E-state index contributed by atoms with van der Waals surface area (Å²) >= 11 is 11.5. The van der Waals surface area contributed by atoms with Crippen LogP contribution in [0, 0.1) is 0 Å². The third kappa shape index (κ3) is 6.28. The van der Waals surface area contributed by atoms with E-state index in [0.29, 0.717) is 34.2 Å². The second kappa shape index (κ2) is 12.7. The first-order valence-electron chi connectivity index (χ1n) is 10.4. The summed E-state index contributed by atoms with van der Waals surface area (Å²) in [5, 5.41) is 8.44. The van der Waals surface area contributed by atoms with Crippen LogP contribution in [0.1, 0.15) is 76.3 Å². The molecule has 2 N–H and O–H groups in total. The summed E-state index contributed by atoms with van der Waals surface area (Å²) in [7, 11) is 0. The number of pyridine rings is 2. The molecule has 8 heteroatoms. The van der Waals surface area contributed by atoms with Gasteiger partial charge in [-0.05, 0) is 61.8 Å². The first kappa shape index (κ1) is 29.4. The largest absolute Gasteiger partial charge is 0.311 e. The lowest BCUT2D eigenvalue weighted by molar-refractivity contribution is 0.505. The summed E-state index contributed by atoms with van der Waals surface area (Å²) in [6, 6.07) is 10.9. The lowest BCUT2D eigenvalue weighted by Crippen LogP contribution is -2.21. The lowest BCUT2D eigenvalue weighted by Gasteiger charge is -2.19. The summed E-state index contributed by atoms with van der Waals surface area (Å²) in [4.78, 5) is 8.29. The van der Waals surface area contributed by atoms with Crippen molar-refractivity contribution in [3.63, 3.8) is 0 Å². The van der Waals surface area contributed by atoms with Crippen LogP contribution in [0.25, 0.3) is 0 Å². The van der Waals surface area contributed by atoms with E-state index in [9.17, 15) is 0 Å². The highest BCUT2D eigenvalue weighted by Gasteiger charge is 2.40. The second-order valence-corrected chi connectivity index (χ2v) is 9.38. The molecule has 0 saturated carbocycles. The Bertz CT molecular complexity index is 748. The van der Waals surface area contributed by atoms with Crippen molar-refractivity contribution in [1.29, 1.82) is 0 Å². The maximum atomic E-state index is 5.77. The molecule has 4 aliphatic heterocycles. The second-order valence-electron chi connectivity index (χ2n) is 8.61. The normalized spacial score (nSPS) is 30.7. The highest BCUT2D eigenvalue weighted by molar-refractivity contribution is 6.29. The van der Waals surface area contributed by atoms with Gasteiger partial charge in [0.2, 0.25) is 0 Å². The minimum atomic E-state index is 0. The Labute approximate surface area is 215 Å². The maximum Gasteiger partial charge on any atom is 0.129 e. The molecule has 4 aliphatic rings. The van der Waals surface area contributed by atoms with Crippen LogP contribution < -0.4 is 10.6 Å². The number of fused-ring (bicyclic) bond motifs is 4. The topological polar surface area (TPSA) is 49.8 Å². The molecule has 0 aliphatic carbocycles. The number of hydrogen-bond donors (Lipinski definition) is 2. The molecule has 4 nitrogen and oxygen atoms in total. The Kier molecular flexibility index (Phi) is 11.7. The molecular formula is C24H36Cl4N4. The maximum absolute atomic E-state index is 5.77. The SMILES string of the molecule is C.C.Cl.Cl.Clc1ccc(C2CC3CCC2N3)cn1.Clc1ccc(C2CC3CCC2N3)cn1. The van der Waals surface area contributed by atoms with Gasteiger partial charge in [0.25, 0.3) is 0 Å². The molecule has 0 aromatic carbocycles. The van der Waals surface area contributed by atoms with Crippen LogP contribution in [0.2, 0.25) is 10.3 Å². The van der Waals surface area contributed by atoms with Crippen molar-refractivity contribution < 1.29 is 0 Å². The Morgan fingerprint density at radius 3 is 1.31 bits per heavy atom. The number of rotatable bonds is 2. The van der Waals surface area contributed by atoms with E-state index in [2.05, 4.69) is 32.7 Å². The zero-order valence-electron chi connectivity index (χ0n) is 16.6. The van der Waals surface area contributed by atoms with E-state index in [1.165, 1.54) is 49.7 Å². The molecule has 0 radical (unpaired) electrons. The van der Waals surface area contributed by atoms with Gasteiger partial charge < -0.3 is 10.6 Å². The zero-order chi connectivity index (χ0) is 19.1. The number of hydrogen-bond acceptors (Lipinski definition) is 4. The molecule has 32 heavy (non-hydrogen) atoms. The fourth-order valence-corrected chi connectivity index (χ4v) is 5.82. The summed E-state index contributed by atoms with van der Waals surface area (Å²) in [6.07, 6.45) is 11.7. The van der Waals surface area contributed by atoms with Gasteiger partial charge in [-0.3, -0.25) is 0 Å². The molecule has 4 saturated heterocycles. The van der Waals surface area contributed by atoms with Crippen molar-refractivity contribution in [2.45, 2.75) is 89.4 Å². The average molecular weight is 522 g/mol. The first-order chi connectivity index (χ1) is 13.7. The Morgan fingerprint density at radius 1 is 0.656 bits per heavy atom. The average Bonchev–Trinajstić information content (AvgIpc) is 3.51. The molecule has 6 rings (SSSR count).